The zero-order valence-corrected chi connectivity index (χ0v) is 10.8. The standard InChI is InChI=1S/C13H14N4O3/c1-20-11-4-8(2-3-15-11)6-16-12-10(14)5-9(7-17-12)13(18)19/h2-5,7H,6,14H2,1H3,(H,16,17)(H,18,19). The van der Waals surface area contributed by atoms with E-state index in [1.807, 2.05) is 6.07 Å². The van der Waals surface area contributed by atoms with Crippen LogP contribution < -0.4 is 15.8 Å². The highest BCUT2D eigenvalue weighted by Gasteiger charge is 2.07. The van der Waals surface area contributed by atoms with Crippen molar-refractivity contribution < 1.29 is 14.6 Å². The van der Waals surface area contributed by atoms with E-state index in [1.54, 1.807) is 19.4 Å². The van der Waals surface area contributed by atoms with Crippen LogP contribution >= 0.6 is 0 Å². The Labute approximate surface area is 115 Å². The minimum absolute atomic E-state index is 0.0543. The van der Waals surface area contributed by atoms with Crippen molar-refractivity contribution in [2.75, 3.05) is 18.2 Å². The molecule has 0 saturated heterocycles. The molecule has 4 N–H and O–H groups in total. The van der Waals surface area contributed by atoms with Gasteiger partial charge < -0.3 is 20.9 Å². The van der Waals surface area contributed by atoms with Gasteiger partial charge in [-0.05, 0) is 17.7 Å². The van der Waals surface area contributed by atoms with E-state index < -0.39 is 5.97 Å². The van der Waals surface area contributed by atoms with Gasteiger partial charge in [-0.2, -0.15) is 0 Å². The summed E-state index contributed by atoms with van der Waals surface area (Å²) in [5.74, 6) is -0.105. The summed E-state index contributed by atoms with van der Waals surface area (Å²) in [6, 6.07) is 4.98. The van der Waals surface area contributed by atoms with Crippen molar-refractivity contribution in [1.82, 2.24) is 9.97 Å². The molecule has 0 fully saturated rings. The van der Waals surface area contributed by atoms with Gasteiger partial charge in [-0.1, -0.05) is 0 Å². The Kier molecular flexibility index (Phi) is 3.99. The van der Waals surface area contributed by atoms with Gasteiger partial charge in [0.1, 0.15) is 5.82 Å². The summed E-state index contributed by atoms with van der Waals surface area (Å²) in [6.45, 7) is 0.475. The average molecular weight is 274 g/mol. The van der Waals surface area contributed by atoms with Crippen molar-refractivity contribution in [2.45, 2.75) is 6.54 Å². The van der Waals surface area contributed by atoms with Crippen molar-refractivity contribution in [3.63, 3.8) is 0 Å². The van der Waals surface area contributed by atoms with E-state index in [1.165, 1.54) is 12.3 Å². The monoisotopic (exact) mass is 274 g/mol. The van der Waals surface area contributed by atoms with Crippen LogP contribution in [-0.2, 0) is 6.54 Å². The summed E-state index contributed by atoms with van der Waals surface area (Å²) in [5, 5.41) is 11.9. The normalized spacial score (nSPS) is 10.1. The third-order valence-corrected chi connectivity index (χ3v) is 2.63. The van der Waals surface area contributed by atoms with Gasteiger partial charge in [0.15, 0.2) is 0 Å². The number of nitrogens with two attached hydrogens (primary N) is 1. The van der Waals surface area contributed by atoms with Crippen molar-refractivity contribution >= 4 is 17.5 Å². The second kappa shape index (κ2) is 5.87. The summed E-state index contributed by atoms with van der Waals surface area (Å²) >= 11 is 0. The van der Waals surface area contributed by atoms with Crippen molar-refractivity contribution in [2.24, 2.45) is 0 Å². The Morgan fingerprint density at radius 2 is 2.25 bits per heavy atom. The molecule has 0 spiro atoms. The van der Waals surface area contributed by atoms with Crippen molar-refractivity contribution in [3.8, 4) is 5.88 Å². The van der Waals surface area contributed by atoms with Gasteiger partial charge in [0, 0.05) is 25.0 Å². The van der Waals surface area contributed by atoms with Gasteiger partial charge in [-0.3, -0.25) is 0 Å². The lowest BCUT2D eigenvalue weighted by atomic mass is 10.2. The molecule has 0 aliphatic heterocycles. The minimum atomic E-state index is -1.06. The van der Waals surface area contributed by atoms with E-state index in [0.717, 1.165) is 5.56 Å². The summed E-state index contributed by atoms with van der Waals surface area (Å²) in [5.41, 5.74) is 7.04. The van der Waals surface area contributed by atoms with Gasteiger partial charge in [0.2, 0.25) is 5.88 Å². The maximum absolute atomic E-state index is 10.8. The Hall–Kier alpha value is -2.83. The Morgan fingerprint density at radius 1 is 1.45 bits per heavy atom. The highest BCUT2D eigenvalue weighted by molar-refractivity contribution is 5.89. The minimum Gasteiger partial charge on any atom is -0.481 e. The van der Waals surface area contributed by atoms with Crippen LogP contribution in [0.4, 0.5) is 11.5 Å². The molecule has 0 bridgehead atoms. The summed E-state index contributed by atoms with van der Waals surface area (Å²) < 4.78 is 5.03. The molecule has 20 heavy (non-hydrogen) atoms. The predicted octanol–water partition coefficient (Wildman–Crippen LogP) is 1.38. The fraction of sp³-hybridized carbons (Fsp3) is 0.154. The number of hydrogen-bond acceptors (Lipinski definition) is 6. The van der Waals surface area contributed by atoms with E-state index in [0.29, 0.717) is 18.2 Å². The number of pyridine rings is 2. The van der Waals surface area contributed by atoms with E-state index >= 15 is 0 Å². The predicted molar refractivity (Wildman–Crippen MR) is 73.7 cm³/mol. The number of aromatic nitrogens is 2. The van der Waals surface area contributed by atoms with Crippen LogP contribution in [-0.4, -0.2) is 28.2 Å². The molecule has 0 atom stereocenters. The summed E-state index contributed by atoms with van der Waals surface area (Å²) in [6.07, 6.45) is 2.90. The van der Waals surface area contributed by atoms with Crippen molar-refractivity contribution in [3.05, 3.63) is 41.7 Å². The maximum atomic E-state index is 10.8. The Bertz CT molecular complexity index is 631. The first-order chi connectivity index (χ1) is 9.60. The zero-order valence-electron chi connectivity index (χ0n) is 10.8. The van der Waals surface area contributed by atoms with Gasteiger partial charge in [-0.25, -0.2) is 14.8 Å². The van der Waals surface area contributed by atoms with Crippen LogP contribution in [0.3, 0.4) is 0 Å². The number of anilines is 2. The molecule has 2 heterocycles. The molecule has 0 radical (unpaired) electrons. The molecule has 104 valence electrons. The molecule has 0 aliphatic carbocycles. The van der Waals surface area contributed by atoms with Crippen LogP contribution in [0.5, 0.6) is 5.88 Å². The van der Waals surface area contributed by atoms with Crippen LogP contribution in [0.1, 0.15) is 15.9 Å². The molecule has 0 amide bonds. The van der Waals surface area contributed by atoms with E-state index in [4.69, 9.17) is 15.6 Å². The molecule has 0 saturated carbocycles. The van der Waals surface area contributed by atoms with Crippen LogP contribution in [0, 0.1) is 0 Å². The molecule has 0 aromatic carbocycles. The number of methoxy groups -OCH3 is 1. The number of carbonyl (C=O) groups is 1. The lowest BCUT2D eigenvalue weighted by Gasteiger charge is -2.09. The molecule has 7 heteroatoms. The number of rotatable bonds is 5. The lowest BCUT2D eigenvalue weighted by molar-refractivity contribution is 0.0696. The van der Waals surface area contributed by atoms with Crippen LogP contribution in [0.2, 0.25) is 0 Å². The van der Waals surface area contributed by atoms with Gasteiger partial charge in [0.05, 0.1) is 18.4 Å². The molecule has 2 rings (SSSR count). The fourth-order valence-corrected chi connectivity index (χ4v) is 1.60. The Balaban J connectivity index is 2.08. The third-order valence-electron chi connectivity index (χ3n) is 2.63. The SMILES string of the molecule is COc1cc(CNc2ncc(C(=O)O)cc2N)ccn1. The van der Waals surface area contributed by atoms with Gasteiger partial charge >= 0.3 is 5.97 Å². The number of nitrogens with zero attached hydrogens (tertiary/aromatic N) is 2. The topological polar surface area (TPSA) is 110 Å². The fourth-order valence-electron chi connectivity index (χ4n) is 1.60. The number of carboxylic acids is 1. The van der Waals surface area contributed by atoms with Gasteiger partial charge in [-0.15, -0.1) is 0 Å². The lowest BCUT2D eigenvalue weighted by Crippen LogP contribution is -2.07. The highest BCUT2D eigenvalue weighted by Crippen LogP contribution is 2.18. The first-order valence-electron chi connectivity index (χ1n) is 5.81. The number of hydrogen-bond donors (Lipinski definition) is 3. The zero-order chi connectivity index (χ0) is 14.5. The molecule has 0 unspecified atom stereocenters. The van der Waals surface area contributed by atoms with Crippen LogP contribution in [0.15, 0.2) is 30.6 Å². The quantitative estimate of drug-likeness (QED) is 0.755. The average Bonchev–Trinajstić information content (AvgIpc) is 2.46. The number of ether oxygens (including phenoxy) is 1. The van der Waals surface area contributed by atoms with E-state index in [9.17, 15) is 4.79 Å². The third kappa shape index (κ3) is 3.14. The second-order valence-corrected chi connectivity index (χ2v) is 4.03. The maximum Gasteiger partial charge on any atom is 0.337 e. The number of carboxylic acid groups (broad SMARTS) is 1. The number of nitrogen functional groups attached to an aromatic ring is 1. The molecule has 7 nitrogen and oxygen atoms in total. The first-order valence-corrected chi connectivity index (χ1v) is 5.81. The smallest absolute Gasteiger partial charge is 0.337 e. The van der Waals surface area contributed by atoms with E-state index in [2.05, 4.69) is 15.3 Å². The Morgan fingerprint density at radius 3 is 2.90 bits per heavy atom. The largest absolute Gasteiger partial charge is 0.481 e. The summed E-state index contributed by atoms with van der Waals surface area (Å²) in [4.78, 5) is 18.8. The first kappa shape index (κ1) is 13.6. The van der Waals surface area contributed by atoms with E-state index in [-0.39, 0.29) is 11.3 Å². The van der Waals surface area contributed by atoms with Crippen LogP contribution in [0.25, 0.3) is 0 Å². The number of aromatic carboxylic acids is 1. The summed E-state index contributed by atoms with van der Waals surface area (Å²) in [7, 11) is 1.55. The second-order valence-electron chi connectivity index (χ2n) is 4.03. The molecule has 2 aromatic heterocycles. The molecular formula is C13H14N4O3. The molecule has 0 aliphatic rings. The number of nitrogens with one attached hydrogen (secondary N) is 1. The molecule has 2 aromatic rings. The van der Waals surface area contributed by atoms with Crippen molar-refractivity contribution in [1.29, 1.82) is 0 Å². The van der Waals surface area contributed by atoms with Gasteiger partial charge in [0.25, 0.3) is 0 Å². The molecular weight excluding hydrogens is 260 g/mol. The highest BCUT2D eigenvalue weighted by atomic mass is 16.5.